The second-order valence-corrected chi connectivity index (χ2v) is 14.4. The Morgan fingerprint density at radius 1 is 0.358 bits per heavy atom. The minimum absolute atomic E-state index is 0.130. The maximum Gasteiger partial charge on any atom is 0.160 e. The maximum absolute atomic E-state index is 5.43. The lowest BCUT2D eigenvalue weighted by atomic mass is 9.82. The van der Waals surface area contributed by atoms with Crippen LogP contribution in [0.5, 0.6) is 0 Å². The quantitative estimate of drug-likeness (QED) is 0.182. The zero-order valence-electron chi connectivity index (χ0n) is 29.6. The summed E-state index contributed by atoms with van der Waals surface area (Å²) in [6, 6.07) is 62.4. The number of pyridine rings is 1. The predicted molar refractivity (Wildman–Crippen MR) is 220 cm³/mol. The largest absolute Gasteiger partial charge is 0.248 e. The summed E-state index contributed by atoms with van der Waals surface area (Å²) in [5.74, 6) is 0.691. The number of benzene rings is 7. The zero-order valence-corrected chi connectivity index (χ0v) is 29.6. The molecule has 0 aliphatic heterocycles. The number of rotatable bonds is 5. The average Bonchev–Trinajstić information content (AvgIpc) is 3.45. The molecule has 0 saturated carbocycles. The van der Waals surface area contributed by atoms with Gasteiger partial charge in [0.25, 0.3) is 0 Å². The van der Waals surface area contributed by atoms with E-state index in [9.17, 15) is 0 Å². The molecule has 0 fully saturated rings. The van der Waals surface area contributed by atoms with E-state index in [1.807, 2.05) is 12.1 Å². The molecule has 7 aromatic carbocycles. The molecule has 0 amide bonds. The Bertz CT molecular complexity index is 2790. The molecule has 2 heterocycles. The van der Waals surface area contributed by atoms with Crippen molar-refractivity contribution in [2.75, 3.05) is 0 Å². The Kier molecular flexibility index (Phi) is 7.16. The third kappa shape index (κ3) is 5.24. The first-order valence-corrected chi connectivity index (χ1v) is 18.2. The third-order valence-electron chi connectivity index (χ3n) is 10.9. The lowest BCUT2D eigenvalue weighted by molar-refractivity contribution is 0.661. The number of nitrogens with zero attached hydrogens (tertiary/aromatic N) is 3. The summed E-state index contributed by atoms with van der Waals surface area (Å²) in [4.78, 5) is 15.8. The smallest absolute Gasteiger partial charge is 0.160 e. The summed E-state index contributed by atoms with van der Waals surface area (Å²) in [6.07, 6.45) is 0. The van der Waals surface area contributed by atoms with Crippen LogP contribution in [0.4, 0.5) is 0 Å². The van der Waals surface area contributed by atoms with Crippen LogP contribution in [-0.2, 0) is 5.41 Å². The molecule has 3 heteroatoms. The first kappa shape index (κ1) is 31.1. The Balaban J connectivity index is 1.21. The van der Waals surface area contributed by atoms with Crippen molar-refractivity contribution < 1.29 is 0 Å². The van der Waals surface area contributed by atoms with Crippen LogP contribution < -0.4 is 0 Å². The van der Waals surface area contributed by atoms with E-state index in [1.54, 1.807) is 0 Å². The van der Waals surface area contributed by atoms with Crippen molar-refractivity contribution in [1.82, 2.24) is 15.0 Å². The molecule has 2 aromatic heterocycles. The van der Waals surface area contributed by atoms with Crippen LogP contribution in [0.15, 0.2) is 176 Å². The highest BCUT2D eigenvalue weighted by Gasteiger charge is 2.35. The van der Waals surface area contributed by atoms with Crippen LogP contribution in [0.2, 0.25) is 0 Å². The molecule has 9 aromatic rings. The van der Waals surface area contributed by atoms with Crippen LogP contribution >= 0.6 is 0 Å². The molecule has 0 atom stereocenters. The number of hydrogen-bond acceptors (Lipinski definition) is 3. The summed E-state index contributed by atoms with van der Waals surface area (Å²) in [7, 11) is 0. The van der Waals surface area contributed by atoms with Crippen molar-refractivity contribution in [1.29, 1.82) is 0 Å². The van der Waals surface area contributed by atoms with Gasteiger partial charge in [0.1, 0.15) is 0 Å². The van der Waals surface area contributed by atoms with E-state index in [0.717, 1.165) is 61.4 Å². The van der Waals surface area contributed by atoms with E-state index in [2.05, 4.69) is 178 Å². The van der Waals surface area contributed by atoms with Crippen LogP contribution in [-0.4, -0.2) is 15.0 Å². The molecule has 0 saturated heterocycles. The van der Waals surface area contributed by atoms with Crippen LogP contribution in [0, 0.1) is 0 Å². The van der Waals surface area contributed by atoms with Crippen molar-refractivity contribution in [2.45, 2.75) is 19.3 Å². The Morgan fingerprint density at radius 2 is 0.962 bits per heavy atom. The second-order valence-electron chi connectivity index (χ2n) is 14.4. The summed E-state index contributed by atoms with van der Waals surface area (Å²) < 4.78 is 0. The highest BCUT2D eigenvalue weighted by Crippen LogP contribution is 2.50. The third-order valence-corrected chi connectivity index (χ3v) is 10.9. The molecule has 1 aliphatic carbocycles. The zero-order chi connectivity index (χ0) is 35.5. The highest BCUT2D eigenvalue weighted by molar-refractivity contribution is 6.04. The van der Waals surface area contributed by atoms with Crippen LogP contribution in [0.1, 0.15) is 25.0 Å². The lowest BCUT2D eigenvalue weighted by Crippen LogP contribution is -2.14. The van der Waals surface area contributed by atoms with E-state index in [-0.39, 0.29) is 5.41 Å². The number of hydrogen-bond donors (Lipinski definition) is 0. The standard InChI is InChI=1S/C50H35N3/c1-50(2)43-26-12-11-24-38(43)41-28-42-40(29-47(51-48(42)30-44(41)50)39-25-14-20-32-15-9-10-23-37(32)39)35-21-13-22-36(27-35)49-52-45(33-16-5-3-6-17-33)31-46(53-49)34-18-7-4-8-19-34/h3-31H,1-2H3. The number of fused-ring (bicyclic) bond motifs is 5. The topological polar surface area (TPSA) is 38.7 Å². The molecule has 3 nitrogen and oxygen atoms in total. The molecular weight excluding hydrogens is 643 g/mol. The van der Waals surface area contributed by atoms with E-state index in [1.165, 1.54) is 33.0 Å². The van der Waals surface area contributed by atoms with Crippen LogP contribution in [0.25, 0.3) is 89.1 Å². The summed E-state index contributed by atoms with van der Waals surface area (Å²) in [5.41, 5.74) is 15.3. The summed E-state index contributed by atoms with van der Waals surface area (Å²) in [6.45, 7) is 4.66. The molecule has 0 bridgehead atoms. The van der Waals surface area contributed by atoms with Gasteiger partial charge in [0.15, 0.2) is 5.82 Å². The van der Waals surface area contributed by atoms with Crippen molar-refractivity contribution in [2.24, 2.45) is 0 Å². The summed E-state index contributed by atoms with van der Waals surface area (Å²) in [5, 5.41) is 3.52. The minimum Gasteiger partial charge on any atom is -0.248 e. The second kappa shape index (κ2) is 12.2. The van der Waals surface area contributed by atoms with Gasteiger partial charge in [0.2, 0.25) is 0 Å². The normalized spacial score (nSPS) is 12.9. The van der Waals surface area contributed by atoms with Crippen molar-refractivity contribution >= 4 is 21.7 Å². The van der Waals surface area contributed by atoms with Gasteiger partial charge in [0.05, 0.1) is 22.6 Å². The lowest BCUT2D eigenvalue weighted by Gasteiger charge is -2.22. The van der Waals surface area contributed by atoms with Gasteiger partial charge < -0.3 is 0 Å². The Morgan fingerprint density at radius 3 is 1.74 bits per heavy atom. The van der Waals surface area contributed by atoms with E-state index in [4.69, 9.17) is 15.0 Å². The summed E-state index contributed by atoms with van der Waals surface area (Å²) >= 11 is 0. The molecule has 10 rings (SSSR count). The van der Waals surface area contributed by atoms with Gasteiger partial charge in [-0.15, -0.1) is 0 Å². The van der Waals surface area contributed by atoms with Gasteiger partial charge in [-0.25, -0.2) is 15.0 Å². The first-order chi connectivity index (χ1) is 26.0. The van der Waals surface area contributed by atoms with Gasteiger partial charge in [0, 0.05) is 33.1 Å². The van der Waals surface area contributed by atoms with E-state index in [0.29, 0.717) is 5.82 Å². The minimum atomic E-state index is -0.130. The molecule has 0 N–H and O–H groups in total. The molecule has 53 heavy (non-hydrogen) atoms. The SMILES string of the molecule is CC1(C)c2ccccc2-c2cc3c(-c4cccc(-c5nc(-c6ccccc6)cc(-c6ccccc6)n5)c4)cc(-c4cccc5ccccc45)nc3cc21. The highest BCUT2D eigenvalue weighted by atomic mass is 14.9. The molecule has 1 aliphatic rings. The fourth-order valence-electron chi connectivity index (χ4n) is 8.16. The molecule has 0 spiro atoms. The van der Waals surface area contributed by atoms with Crippen molar-refractivity contribution in [3.05, 3.63) is 187 Å². The predicted octanol–water partition coefficient (Wildman–Crippen LogP) is 12.8. The van der Waals surface area contributed by atoms with Crippen molar-refractivity contribution in [3.8, 4) is 67.4 Å². The molecule has 0 radical (unpaired) electrons. The fourth-order valence-corrected chi connectivity index (χ4v) is 8.16. The fraction of sp³-hybridized carbons (Fsp3) is 0.0600. The monoisotopic (exact) mass is 677 g/mol. The Hall–Kier alpha value is -6.71. The number of aromatic nitrogens is 3. The average molecular weight is 678 g/mol. The first-order valence-electron chi connectivity index (χ1n) is 18.2. The van der Waals surface area contributed by atoms with Gasteiger partial charge in [-0.1, -0.05) is 159 Å². The Labute approximate surface area is 309 Å². The molecular formula is C50H35N3. The van der Waals surface area contributed by atoms with Gasteiger partial charge in [-0.3, -0.25) is 0 Å². The van der Waals surface area contributed by atoms with E-state index >= 15 is 0 Å². The van der Waals surface area contributed by atoms with Crippen LogP contribution in [0.3, 0.4) is 0 Å². The van der Waals surface area contributed by atoms with Crippen molar-refractivity contribution in [3.63, 3.8) is 0 Å². The van der Waals surface area contributed by atoms with Gasteiger partial charge in [-0.2, -0.15) is 0 Å². The molecule has 0 unspecified atom stereocenters. The van der Waals surface area contributed by atoms with Gasteiger partial charge >= 0.3 is 0 Å². The molecule has 250 valence electrons. The maximum atomic E-state index is 5.43. The van der Waals surface area contributed by atoms with Gasteiger partial charge in [-0.05, 0) is 74.5 Å². The van der Waals surface area contributed by atoms with E-state index < -0.39 is 0 Å².